The first kappa shape index (κ1) is 12.4. The first-order valence-electron chi connectivity index (χ1n) is 5.89. The van der Waals surface area contributed by atoms with E-state index in [4.69, 9.17) is 9.47 Å². The van der Waals surface area contributed by atoms with Crippen LogP contribution in [0.25, 0.3) is 11.4 Å². The van der Waals surface area contributed by atoms with Crippen LogP contribution < -0.4 is 9.47 Å². The monoisotopic (exact) mass is 247 g/mol. The minimum absolute atomic E-state index is 0.746. The number of aryl methyl sites for hydroxylation is 1. The Balaban J connectivity index is 2.45. The third-order valence-electron chi connectivity index (χ3n) is 2.69. The molecule has 0 saturated carbocycles. The Hall–Kier alpha value is -2.04. The molecule has 0 aliphatic carbocycles. The number of hydrogen-bond acceptors (Lipinski definition) is 4. The molecule has 96 valence electrons. The van der Waals surface area contributed by atoms with Crippen LogP contribution in [0.15, 0.2) is 24.5 Å². The van der Waals surface area contributed by atoms with Crippen molar-refractivity contribution in [3.63, 3.8) is 0 Å². The van der Waals surface area contributed by atoms with E-state index >= 15 is 0 Å². The van der Waals surface area contributed by atoms with Crippen molar-refractivity contribution in [2.45, 2.75) is 19.9 Å². The Morgan fingerprint density at radius 2 is 1.78 bits per heavy atom. The van der Waals surface area contributed by atoms with Crippen LogP contribution in [-0.2, 0) is 6.54 Å². The van der Waals surface area contributed by atoms with Crippen molar-refractivity contribution in [3.05, 3.63) is 24.5 Å². The molecule has 0 bridgehead atoms. The van der Waals surface area contributed by atoms with Crippen molar-refractivity contribution in [2.75, 3.05) is 14.2 Å². The molecule has 1 aromatic carbocycles. The third kappa shape index (κ3) is 2.45. The van der Waals surface area contributed by atoms with Crippen LogP contribution in [0, 0.1) is 0 Å². The molecule has 0 unspecified atom stereocenters. The average Bonchev–Trinajstić information content (AvgIpc) is 2.87. The van der Waals surface area contributed by atoms with Gasteiger partial charge in [0.05, 0.1) is 14.2 Å². The van der Waals surface area contributed by atoms with E-state index in [0.717, 1.165) is 35.9 Å². The Bertz CT molecular complexity index is 500. The summed E-state index contributed by atoms with van der Waals surface area (Å²) in [6.07, 6.45) is 2.77. The quantitative estimate of drug-likeness (QED) is 0.814. The van der Waals surface area contributed by atoms with Gasteiger partial charge < -0.3 is 14.0 Å². The van der Waals surface area contributed by atoms with E-state index in [0.29, 0.717) is 0 Å². The van der Waals surface area contributed by atoms with Crippen molar-refractivity contribution in [1.82, 2.24) is 14.8 Å². The molecular weight excluding hydrogens is 230 g/mol. The fourth-order valence-electron chi connectivity index (χ4n) is 1.82. The second-order valence-electron chi connectivity index (χ2n) is 3.95. The zero-order chi connectivity index (χ0) is 13.0. The summed E-state index contributed by atoms with van der Waals surface area (Å²) in [5, 5.41) is 8.12. The number of aromatic nitrogens is 3. The first-order valence-corrected chi connectivity index (χ1v) is 5.89. The molecule has 0 fully saturated rings. The molecule has 18 heavy (non-hydrogen) atoms. The number of benzene rings is 1. The molecule has 1 heterocycles. The van der Waals surface area contributed by atoms with Gasteiger partial charge in [0.15, 0.2) is 5.82 Å². The number of methoxy groups -OCH3 is 2. The molecule has 0 spiro atoms. The smallest absolute Gasteiger partial charge is 0.164 e. The Morgan fingerprint density at radius 3 is 2.33 bits per heavy atom. The van der Waals surface area contributed by atoms with Crippen LogP contribution in [0.3, 0.4) is 0 Å². The van der Waals surface area contributed by atoms with E-state index in [2.05, 4.69) is 17.1 Å². The highest BCUT2D eigenvalue weighted by molar-refractivity contribution is 5.61. The topological polar surface area (TPSA) is 49.2 Å². The van der Waals surface area contributed by atoms with Crippen molar-refractivity contribution in [2.24, 2.45) is 0 Å². The normalized spacial score (nSPS) is 10.4. The fraction of sp³-hybridized carbons (Fsp3) is 0.385. The maximum atomic E-state index is 5.26. The number of ether oxygens (including phenoxy) is 2. The van der Waals surface area contributed by atoms with Gasteiger partial charge in [-0.15, -0.1) is 10.2 Å². The van der Waals surface area contributed by atoms with Crippen LogP contribution in [0.1, 0.15) is 13.3 Å². The zero-order valence-electron chi connectivity index (χ0n) is 10.9. The SMILES string of the molecule is CCCn1cnnc1-c1cc(OC)cc(OC)c1. The number of rotatable bonds is 5. The van der Waals surface area contributed by atoms with E-state index in [1.54, 1.807) is 20.5 Å². The van der Waals surface area contributed by atoms with Crippen molar-refractivity contribution in [3.8, 4) is 22.9 Å². The summed E-state index contributed by atoms with van der Waals surface area (Å²) in [5.74, 6) is 2.32. The second kappa shape index (κ2) is 5.53. The lowest BCUT2D eigenvalue weighted by molar-refractivity contribution is 0.394. The number of nitrogens with zero attached hydrogens (tertiary/aromatic N) is 3. The molecule has 2 aromatic rings. The van der Waals surface area contributed by atoms with Gasteiger partial charge in [-0.1, -0.05) is 6.92 Å². The van der Waals surface area contributed by atoms with Gasteiger partial charge in [0, 0.05) is 18.2 Å². The first-order chi connectivity index (χ1) is 8.78. The summed E-state index contributed by atoms with van der Waals surface area (Å²) < 4.78 is 12.5. The predicted octanol–water partition coefficient (Wildman–Crippen LogP) is 2.37. The lowest BCUT2D eigenvalue weighted by Crippen LogP contribution is -1.99. The van der Waals surface area contributed by atoms with Gasteiger partial charge in [0.25, 0.3) is 0 Å². The summed E-state index contributed by atoms with van der Waals surface area (Å²) in [4.78, 5) is 0. The lowest BCUT2D eigenvalue weighted by atomic mass is 10.2. The third-order valence-corrected chi connectivity index (χ3v) is 2.69. The molecule has 0 N–H and O–H groups in total. The second-order valence-corrected chi connectivity index (χ2v) is 3.95. The molecule has 5 nitrogen and oxygen atoms in total. The molecule has 5 heteroatoms. The van der Waals surface area contributed by atoms with Gasteiger partial charge in [-0.2, -0.15) is 0 Å². The molecular formula is C13H17N3O2. The van der Waals surface area contributed by atoms with E-state index in [1.165, 1.54) is 0 Å². The largest absolute Gasteiger partial charge is 0.497 e. The van der Waals surface area contributed by atoms with Crippen molar-refractivity contribution < 1.29 is 9.47 Å². The van der Waals surface area contributed by atoms with Crippen LogP contribution in [0.2, 0.25) is 0 Å². The lowest BCUT2D eigenvalue weighted by Gasteiger charge is -2.09. The molecule has 0 amide bonds. The molecule has 0 aliphatic rings. The minimum Gasteiger partial charge on any atom is -0.497 e. The Morgan fingerprint density at radius 1 is 1.11 bits per heavy atom. The Labute approximate surface area is 106 Å². The van der Waals surface area contributed by atoms with Crippen LogP contribution >= 0.6 is 0 Å². The standard InChI is InChI=1S/C13H17N3O2/c1-4-5-16-9-14-15-13(16)10-6-11(17-2)8-12(7-10)18-3/h6-9H,4-5H2,1-3H3. The molecule has 0 aliphatic heterocycles. The van der Waals surface area contributed by atoms with E-state index < -0.39 is 0 Å². The van der Waals surface area contributed by atoms with Crippen LogP contribution in [0.4, 0.5) is 0 Å². The molecule has 0 radical (unpaired) electrons. The van der Waals surface area contributed by atoms with Gasteiger partial charge in [-0.05, 0) is 18.6 Å². The van der Waals surface area contributed by atoms with Gasteiger partial charge in [0.1, 0.15) is 17.8 Å². The molecule has 0 saturated heterocycles. The van der Waals surface area contributed by atoms with Gasteiger partial charge >= 0.3 is 0 Å². The van der Waals surface area contributed by atoms with Gasteiger partial charge in [-0.25, -0.2) is 0 Å². The summed E-state index contributed by atoms with van der Waals surface area (Å²) >= 11 is 0. The summed E-state index contributed by atoms with van der Waals surface area (Å²) in [6, 6.07) is 5.70. The molecule has 2 rings (SSSR count). The van der Waals surface area contributed by atoms with Crippen molar-refractivity contribution >= 4 is 0 Å². The van der Waals surface area contributed by atoms with Crippen LogP contribution in [0.5, 0.6) is 11.5 Å². The molecule has 0 atom stereocenters. The van der Waals surface area contributed by atoms with E-state index in [-0.39, 0.29) is 0 Å². The predicted molar refractivity (Wildman–Crippen MR) is 68.9 cm³/mol. The highest BCUT2D eigenvalue weighted by Gasteiger charge is 2.10. The van der Waals surface area contributed by atoms with Crippen molar-refractivity contribution in [1.29, 1.82) is 0 Å². The fourth-order valence-corrected chi connectivity index (χ4v) is 1.82. The molecule has 1 aromatic heterocycles. The summed E-state index contributed by atoms with van der Waals surface area (Å²) in [5.41, 5.74) is 0.942. The maximum absolute atomic E-state index is 5.26. The maximum Gasteiger partial charge on any atom is 0.164 e. The average molecular weight is 247 g/mol. The highest BCUT2D eigenvalue weighted by Crippen LogP contribution is 2.28. The van der Waals surface area contributed by atoms with Gasteiger partial charge in [0.2, 0.25) is 0 Å². The minimum atomic E-state index is 0.746. The summed E-state index contributed by atoms with van der Waals surface area (Å²) in [7, 11) is 3.27. The van der Waals surface area contributed by atoms with Crippen LogP contribution in [-0.4, -0.2) is 29.0 Å². The van der Waals surface area contributed by atoms with E-state index in [9.17, 15) is 0 Å². The number of hydrogen-bond donors (Lipinski definition) is 0. The zero-order valence-corrected chi connectivity index (χ0v) is 10.9. The van der Waals surface area contributed by atoms with Gasteiger partial charge in [-0.3, -0.25) is 0 Å². The summed E-state index contributed by atoms with van der Waals surface area (Å²) in [6.45, 7) is 3.01. The van der Waals surface area contributed by atoms with E-state index in [1.807, 2.05) is 22.8 Å². The highest BCUT2D eigenvalue weighted by atomic mass is 16.5. The Kier molecular flexibility index (Phi) is 3.82.